The molecule has 1 rings (SSSR count). The number of hydrogen-bond acceptors (Lipinski definition) is 1. The maximum absolute atomic E-state index is 12.6. The molecule has 11 heavy (non-hydrogen) atoms. The molecule has 0 bridgehead atoms. The van der Waals surface area contributed by atoms with E-state index >= 15 is 0 Å². The molecule has 0 radical (unpaired) electrons. The van der Waals surface area contributed by atoms with Gasteiger partial charge in [-0.15, -0.1) is 0 Å². The first kappa shape index (κ1) is 8.05. The normalized spacial score (nSPS) is 9.73. The molecular formula is C9H12FN. The van der Waals surface area contributed by atoms with Gasteiger partial charge in [0.15, 0.2) is 0 Å². The van der Waals surface area contributed by atoms with E-state index in [4.69, 9.17) is 0 Å². The van der Waals surface area contributed by atoms with E-state index in [-0.39, 0.29) is 5.82 Å². The number of rotatable bonds is 2. The Morgan fingerprint density at radius 1 is 1.45 bits per heavy atom. The summed E-state index contributed by atoms with van der Waals surface area (Å²) >= 11 is 0. The number of nitrogens with one attached hydrogen (secondary N) is 1. The fourth-order valence-corrected chi connectivity index (χ4v) is 1.02. The molecule has 1 N–H and O–H groups in total. The van der Waals surface area contributed by atoms with Crippen molar-refractivity contribution in [3.05, 3.63) is 29.6 Å². The highest BCUT2D eigenvalue weighted by molar-refractivity contribution is 5.50. The van der Waals surface area contributed by atoms with Crippen LogP contribution >= 0.6 is 0 Å². The Kier molecular flexibility index (Phi) is 2.47. The zero-order valence-corrected chi connectivity index (χ0v) is 6.82. The first-order chi connectivity index (χ1) is 5.24. The summed E-state index contributed by atoms with van der Waals surface area (Å²) in [7, 11) is 0. The first-order valence-electron chi connectivity index (χ1n) is 3.74. The topological polar surface area (TPSA) is 12.0 Å². The van der Waals surface area contributed by atoms with Crippen LogP contribution in [0.15, 0.2) is 18.2 Å². The molecule has 1 aromatic carbocycles. The van der Waals surface area contributed by atoms with Crippen LogP contribution < -0.4 is 5.32 Å². The van der Waals surface area contributed by atoms with E-state index in [1.807, 2.05) is 13.8 Å². The van der Waals surface area contributed by atoms with Crippen LogP contribution in [0.25, 0.3) is 0 Å². The largest absolute Gasteiger partial charge is 0.385 e. The van der Waals surface area contributed by atoms with Crippen molar-refractivity contribution in [2.24, 2.45) is 0 Å². The van der Waals surface area contributed by atoms with Gasteiger partial charge in [-0.05, 0) is 37.6 Å². The molecule has 60 valence electrons. The SMILES string of the molecule is CCNc1ccc(F)cc1C. The second-order valence-electron chi connectivity index (χ2n) is 2.49. The molecule has 0 aliphatic carbocycles. The monoisotopic (exact) mass is 153 g/mol. The van der Waals surface area contributed by atoms with Crippen LogP contribution in [-0.4, -0.2) is 6.54 Å². The van der Waals surface area contributed by atoms with Crippen molar-refractivity contribution in [3.8, 4) is 0 Å². The molecule has 0 aliphatic rings. The average molecular weight is 153 g/mol. The highest BCUT2D eigenvalue weighted by Gasteiger charge is 1.96. The van der Waals surface area contributed by atoms with Crippen molar-refractivity contribution < 1.29 is 4.39 Å². The van der Waals surface area contributed by atoms with Gasteiger partial charge in [0.25, 0.3) is 0 Å². The summed E-state index contributed by atoms with van der Waals surface area (Å²) in [4.78, 5) is 0. The lowest BCUT2D eigenvalue weighted by molar-refractivity contribution is 0.627. The van der Waals surface area contributed by atoms with Crippen molar-refractivity contribution in [2.45, 2.75) is 13.8 Å². The smallest absolute Gasteiger partial charge is 0.123 e. The summed E-state index contributed by atoms with van der Waals surface area (Å²) in [5, 5.41) is 3.14. The summed E-state index contributed by atoms with van der Waals surface area (Å²) in [6.45, 7) is 4.77. The van der Waals surface area contributed by atoms with Gasteiger partial charge in [-0.3, -0.25) is 0 Å². The number of anilines is 1. The molecule has 0 amide bonds. The van der Waals surface area contributed by atoms with E-state index in [9.17, 15) is 4.39 Å². The predicted molar refractivity (Wildman–Crippen MR) is 45.3 cm³/mol. The van der Waals surface area contributed by atoms with Crippen LogP contribution in [0.3, 0.4) is 0 Å². The first-order valence-corrected chi connectivity index (χ1v) is 3.74. The maximum Gasteiger partial charge on any atom is 0.123 e. The fraction of sp³-hybridized carbons (Fsp3) is 0.333. The molecule has 0 heterocycles. The molecule has 0 fully saturated rings. The number of benzene rings is 1. The molecular weight excluding hydrogens is 141 g/mol. The highest BCUT2D eigenvalue weighted by Crippen LogP contribution is 2.14. The lowest BCUT2D eigenvalue weighted by Gasteiger charge is -2.05. The van der Waals surface area contributed by atoms with Crippen molar-refractivity contribution in [3.63, 3.8) is 0 Å². The minimum Gasteiger partial charge on any atom is -0.385 e. The van der Waals surface area contributed by atoms with E-state index in [1.54, 1.807) is 6.07 Å². The van der Waals surface area contributed by atoms with Crippen molar-refractivity contribution in [2.75, 3.05) is 11.9 Å². The Hall–Kier alpha value is -1.05. The number of halogens is 1. The van der Waals surface area contributed by atoms with Crippen LogP contribution in [0.2, 0.25) is 0 Å². The molecule has 2 heteroatoms. The van der Waals surface area contributed by atoms with Gasteiger partial charge < -0.3 is 5.32 Å². The third-order valence-electron chi connectivity index (χ3n) is 1.56. The highest BCUT2D eigenvalue weighted by atomic mass is 19.1. The zero-order valence-electron chi connectivity index (χ0n) is 6.82. The molecule has 1 nitrogen and oxygen atoms in total. The minimum absolute atomic E-state index is 0.177. The second kappa shape index (κ2) is 3.37. The van der Waals surface area contributed by atoms with Gasteiger partial charge in [0.1, 0.15) is 5.82 Å². The van der Waals surface area contributed by atoms with E-state index in [0.717, 1.165) is 17.8 Å². The summed E-state index contributed by atoms with van der Waals surface area (Å²) < 4.78 is 12.6. The van der Waals surface area contributed by atoms with E-state index in [0.29, 0.717) is 0 Å². The number of aryl methyl sites for hydroxylation is 1. The lowest BCUT2D eigenvalue weighted by atomic mass is 10.2. The second-order valence-corrected chi connectivity index (χ2v) is 2.49. The maximum atomic E-state index is 12.6. The van der Waals surface area contributed by atoms with Gasteiger partial charge >= 0.3 is 0 Å². The third-order valence-corrected chi connectivity index (χ3v) is 1.56. The minimum atomic E-state index is -0.177. The Morgan fingerprint density at radius 3 is 2.73 bits per heavy atom. The van der Waals surface area contributed by atoms with Gasteiger partial charge in [0.05, 0.1) is 0 Å². The van der Waals surface area contributed by atoms with Crippen molar-refractivity contribution in [1.29, 1.82) is 0 Å². The van der Waals surface area contributed by atoms with Crippen molar-refractivity contribution in [1.82, 2.24) is 0 Å². The molecule has 0 saturated heterocycles. The molecule has 0 spiro atoms. The summed E-state index contributed by atoms with van der Waals surface area (Å²) in [6.07, 6.45) is 0. The van der Waals surface area contributed by atoms with E-state index < -0.39 is 0 Å². The Labute approximate surface area is 66.2 Å². The van der Waals surface area contributed by atoms with Gasteiger partial charge in [-0.25, -0.2) is 4.39 Å². The fourth-order valence-electron chi connectivity index (χ4n) is 1.02. The van der Waals surface area contributed by atoms with Gasteiger partial charge in [0.2, 0.25) is 0 Å². The lowest BCUT2D eigenvalue weighted by Crippen LogP contribution is -1.98. The molecule has 0 atom stereocenters. The third kappa shape index (κ3) is 1.93. The predicted octanol–water partition coefficient (Wildman–Crippen LogP) is 2.57. The van der Waals surface area contributed by atoms with Gasteiger partial charge in [-0.2, -0.15) is 0 Å². The standard InChI is InChI=1S/C9H12FN/c1-3-11-9-5-4-8(10)6-7(9)2/h4-6,11H,3H2,1-2H3. The van der Waals surface area contributed by atoms with Gasteiger partial charge in [0, 0.05) is 12.2 Å². The quantitative estimate of drug-likeness (QED) is 0.688. The van der Waals surface area contributed by atoms with Crippen LogP contribution in [0, 0.1) is 12.7 Å². The summed E-state index contributed by atoms with van der Waals surface area (Å²) in [5.74, 6) is -0.177. The van der Waals surface area contributed by atoms with Crippen LogP contribution in [0.4, 0.5) is 10.1 Å². The molecule has 1 aromatic rings. The van der Waals surface area contributed by atoms with Crippen LogP contribution in [-0.2, 0) is 0 Å². The van der Waals surface area contributed by atoms with E-state index in [1.165, 1.54) is 12.1 Å². The Morgan fingerprint density at radius 2 is 2.18 bits per heavy atom. The van der Waals surface area contributed by atoms with Crippen molar-refractivity contribution >= 4 is 5.69 Å². The molecule has 0 unspecified atom stereocenters. The Bertz CT molecular complexity index is 245. The van der Waals surface area contributed by atoms with Crippen LogP contribution in [0.5, 0.6) is 0 Å². The Balaban J connectivity index is 2.90. The molecule has 0 saturated carbocycles. The summed E-state index contributed by atoms with van der Waals surface area (Å²) in [6, 6.07) is 4.75. The molecule has 0 aromatic heterocycles. The zero-order chi connectivity index (χ0) is 8.27. The van der Waals surface area contributed by atoms with Crippen LogP contribution in [0.1, 0.15) is 12.5 Å². The number of hydrogen-bond donors (Lipinski definition) is 1. The summed E-state index contributed by atoms with van der Waals surface area (Å²) in [5.41, 5.74) is 1.96. The average Bonchev–Trinajstić information content (AvgIpc) is 1.95. The molecule has 0 aliphatic heterocycles. The van der Waals surface area contributed by atoms with Gasteiger partial charge in [-0.1, -0.05) is 0 Å². The van der Waals surface area contributed by atoms with E-state index in [2.05, 4.69) is 5.32 Å².